The van der Waals surface area contributed by atoms with Crippen molar-refractivity contribution in [3.63, 3.8) is 0 Å². The van der Waals surface area contributed by atoms with E-state index in [0.717, 1.165) is 17.6 Å². The molecule has 1 unspecified atom stereocenters. The first kappa shape index (κ1) is 15.8. The molecule has 112 valence electrons. The second-order valence-electron chi connectivity index (χ2n) is 5.84. The second kappa shape index (κ2) is 7.46. The fourth-order valence-corrected chi connectivity index (χ4v) is 3.96. The third-order valence-corrected chi connectivity index (χ3v) is 5.51. The van der Waals surface area contributed by atoms with Crippen LogP contribution in [0.25, 0.3) is 0 Å². The highest BCUT2D eigenvalue weighted by molar-refractivity contribution is 9.10. The second-order valence-corrected chi connectivity index (χ2v) is 6.70. The molecule has 0 bridgehead atoms. The summed E-state index contributed by atoms with van der Waals surface area (Å²) in [5.41, 5.74) is 1.33. The zero-order valence-electron chi connectivity index (χ0n) is 12.8. The van der Waals surface area contributed by atoms with E-state index in [1.165, 1.54) is 42.1 Å². The highest BCUT2D eigenvalue weighted by Crippen LogP contribution is 2.40. The summed E-state index contributed by atoms with van der Waals surface area (Å²) < 4.78 is 6.55. The van der Waals surface area contributed by atoms with Gasteiger partial charge in [0.15, 0.2) is 0 Å². The molecule has 3 heteroatoms. The van der Waals surface area contributed by atoms with Crippen LogP contribution >= 0.6 is 15.9 Å². The summed E-state index contributed by atoms with van der Waals surface area (Å²) in [5, 5.41) is 3.53. The quantitative estimate of drug-likeness (QED) is 0.820. The molecule has 2 rings (SSSR count). The van der Waals surface area contributed by atoms with Crippen LogP contribution in [0.1, 0.15) is 50.6 Å². The van der Waals surface area contributed by atoms with Crippen molar-refractivity contribution in [3.8, 4) is 5.75 Å². The molecule has 0 heterocycles. The molecule has 1 atom stereocenters. The lowest BCUT2D eigenvalue weighted by Crippen LogP contribution is -2.29. The van der Waals surface area contributed by atoms with Crippen molar-refractivity contribution < 1.29 is 4.74 Å². The van der Waals surface area contributed by atoms with Crippen LogP contribution in [0.4, 0.5) is 0 Å². The Hall–Kier alpha value is -0.540. The number of ether oxygens (including phenoxy) is 1. The summed E-state index contributed by atoms with van der Waals surface area (Å²) in [5.74, 6) is 2.61. The molecule has 1 aromatic carbocycles. The minimum Gasteiger partial charge on any atom is -0.497 e. The molecule has 20 heavy (non-hydrogen) atoms. The van der Waals surface area contributed by atoms with E-state index in [2.05, 4.69) is 47.4 Å². The molecule has 1 saturated carbocycles. The zero-order chi connectivity index (χ0) is 14.5. The average Bonchev–Trinajstić information content (AvgIpc) is 2.50. The molecule has 1 aliphatic rings. The minimum absolute atomic E-state index is 0.414. The van der Waals surface area contributed by atoms with E-state index in [9.17, 15) is 0 Å². The van der Waals surface area contributed by atoms with Crippen molar-refractivity contribution in [3.05, 3.63) is 28.2 Å². The van der Waals surface area contributed by atoms with Gasteiger partial charge in [-0.1, -0.05) is 42.1 Å². The lowest BCUT2D eigenvalue weighted by molar-refractivity contribution is 0.223. The Bertz CT molecular complexity index is 427. The predicted octanol–water partition coefficient (Wildman–Crippen LogP) is 4.93. The number of methoxy groups -OCH3 is 1. The minimum atomic E-state index is 0.414. The molecule has 1 aliphatic carbocycles. The highest BCUT2D eigenvalue weighted by Gasteiger charge is 2.28. The molecule has 0 radical (unpaired) electrons. The van der Waals surface area contributed by atoms with Gasteiger partial charge in [-0.2, -0.15) is 0 Å². The van der Waals surface area contributed by atoms with E-state index >= 15 is 0 Å². The van der Waals surface area contributed by atoms with Crippen LogP contribution in [0, 0.1) is 11.8 Å². The zero-order valence-corrected chi connectivity index (χ0v) is 14.4. The molecule has 0 spiro atoms. The molecule has 0 amide bonds. The first-order valence-corrected chi connectivity index (χ1v) is 8.49. The summed E-state index contributed by atoms with van der Waals surface area (Å²) in [6, 6.07) is 6.68. The monoisotopic (exact) mass is 339 g/mol. The third-order valence-electron chi connectivity index (χ3n) is 4.79. The fourth-order valence-electron chi connectivity index (χ4n) is 3.46. The van der Waals surface area contributed by atoms with Crippen LogP contribution in [-0.4, -0.2) is 14.2 Å². The van der Waals surface area contributed by atoms with E-state index < -0.39 is 0 Å². The normalized spacial score (nSPS) is 24.4. The number of hydrogen-bond acceptors (Lipinski definition) is 2. The number of benzene rings is 1. The Morgan fingerprint density at radius 2 is 2.00 bits per heavy atom. The van der Waals surface area contributed by atoms with E-state index in [4.69, 9.17) is 4.74 Å². The summed E-state index contributed by atoms with van der Waals surface area (Å²) >= 11 is 3.70. The van der Waals surface area contributed by atoms with Crippen LogP contribution < -0.4 is 10.1 Å². The first-order valence-electron chi connectivity index (χ1n) is 7.70. The summed E-state index contributed by atoms with van der Waals surface area (Å²) in [6.07, 6.45) is 6.74. The molecule has 0 saturated heterocycles. The van der Waals surface area contributed by atoms with Gasteiger partial charge in [-0.3, -0.25) is 0 Å². The van der Waals surface area contributed by atoms with E-state index in [-0.39, 0.29) is 0 Å². The maximum absolute atomic E-state index is 5.38. The Balaban J connectivity index is 2.16. The van der Waals surface area contributed by atoms with E-state index in [1.807, 2.05) is 6.07 Å². The molecule has 0 aliphatic heterocycles. The Morgan fingerprint density at radius 3 is 2.55 bits per heavy atom. The summed E-state index contributed by atoms with van der Waals surface area (Å²) in [4.78, 5) is 0. The van der Waals surface area contributed by atoms with Crippen LogP contribution in [0.2, 0.25) is 0 Å². The van der Waals surface area contributed by atoms with Gasteiger partial charge < -0.3 is 10.1 Å². The largest absolute Gasteiger partial charge is 0.497 e. The molecule has 1 N–H and O–H groups in total. The van der Waals surface area contributed by atoms with Crippen LogP contribution in [0.15, 0.2) is 22.7 Å². The van der Waals surface area contributed by atoms with Crippen LogP contribution in [0.3, 0.4) is 0 Å². The molecular weight excluding hydrogens is 314 g/mol. The van der Waals surface area contributed by atoms with Gasteiger partial charge in [0.1, 0.15) is 5.75 Å². The van der Waals surface area contributed by atoms with Gasteiger partial charge in [-0.05, 0) is 55.5 Å². The number of hydrogen-bond donors (Lipinski definition) is 1. The van der Waals surface area contributed by atoms with Gasteiger partial charge in [0.05, 0.1) is 7.11 Å². The Morgan fingerprint density at radius 1 is 1.30 bits per heavy atom. The van der Waals surface area contributed by atoms with Gasteiger partial charge in [0, 0.05) is 10.5 Å². The first-order chi connectivity index (χ1) is 9.69. The average molecular weight is 340 g/mol. The maximum Gasteiger partial charge on any atom is 0.119 e. The molecule has 1 aromatic rings. The lowest BCUT2D eigenvalue weighted by atomic mass is 9.76. The highest BCUT2D eigenvalue weighted by atomic mass is 79.9. The summed E-state index contributed by atoms with van der Waals surface area (Å²) in [6.45, 7) is 2.32. The van der Waals surface area contributed by atoms with E-state index in [0.29, 0.717) is 6.04 Å². The van der Waals surface area contributed by atoms with Gasteiger partial charge in [0.2, 0.25) is 0 Å². The topological polar surface area (TPSA) is 21.3 Å². The van der Waals surface area contributed by atoms with Crippen LogP contribution in [0.5, 0.6) is 5.75 Å². The lowest BCUT2D eigenvalue weighted by Gasteiger charge is -2.34. The van der Waals surface area contributed by atoms with Crippen molar-refractivity contribution >= 4 is 15.9 Å². The molecule has 0 aromatic heterocycles. The number of rotatable bonds is 5. The summed E-state index contributed by atoms with van der Waals surface area (Å²) in [7, 11) is 3.80. The van der Waals surface area contributed by atoms with Gasteiger partial charge in [0.25, 0.3) is 0 Å². The fraction of sp³-hybridized carbons (Fsp3) is 0.647. The SMILES string of the molecule is CCC1CCC(C(NC)c2cc(OC)ccc2Br)CC1. The van der Waals surface area contributed by atoms with Crippen molar-refractivity contribution in [2.75, 3.05) is 14.2 Å². The van der Waals surface area contributed by atoms with Gasteiger partial charge in [-0.15, -0.1) is 0 Å². The Kier molecular flexibility index (Phi) is 5.91. The van der Waals surface area contributed by atoms with Crippen molar-refractivity contribution in [1.29, 1.82) is 0 Å². The molecule has 1 fully saturated rings. The third kappa shape index (κ3) is 3.56. The number of halogens is 1. The molecular formula is C17H26BrNO. The van der Waals surface area contributed by atoms with E-state index in [1.54, 1.807) is 7.11 Å². The van der Waals surface area contributed by atoms with Gasteiger partial charge >= 0.3 is 0 Å². The molecule has 2 nitrogen and oxygen atoms in total. The Labute approximate surface area is 131 Å². The van der Waals surface area contributed by atoms with Gasteiger partial charge in [-0.25, -0.2) is 0 Å². The maximum atomic E-state index is 5.38. The number of nitrogens with one attached hydrogen (secondary N) is 1. The standard InChI is InChI=1S/C17H26BrNO/c1-4-12-5-7-13(8-6-12)17(19-2)15-11-14(20-3)9-10-16(15)18/h9-13,17,19H,4-8H2,1-3H3. The van der Waals surface area contributed by atoms with Crippen molar-refractivity contribution in [2.45, 2.75) is 45.1 Å². The van der Waals surface area contributed by atoms with Crippen molar-refractivity contribution in [1.82, 2.24) is 5.32 Å². The smallest absolute Gasteiger partial charge is 0.119 e. The van der Waals surface area contributed by atoms with Crippen LogP contribution in [-0.2, 0) is 0 Å². The predicted molar refractivity (Wildman–Crippen MR) is 88.2 cm³/mol. The van der Waals surface area contributed by atoms with Crippen molar-refractivity contribution in [2.24, 2.45) is 11.8 Å².